The lowest BCUT2D eigenvalue weighted by Gasteiger charge is -2.31. The van der Waals surface area contributed by atoms with Crippen LogP contribution < -0.4 is 4.72 Å². The lowest BCUT2D eigenvalue weighted by molar-refractivity contribution is -0.175. The number of alkyl halides is 2. The topological polar surface area (TPSA) is 61.4 Å². The second kappa shape index (κ2) is 7.92. The Bertz CT molecular complexity index is 552. The van der Waals surface area contributed by atoms with Crippen molar-refractivity contribution in [3.63, 3.8) is 0 Å². The summed E-state index contributed by atoms with van der Waals surface area (Å²) in [5.41, 5.74) is 0.134. The molecule has 0 saturated carbocycles. The molecule has 0 heterocycles. The molecule has 8 heteroatoms. The molecule has 2 atom stereocenters. The van der Waals surface area contributed by atoms with E-state index >= 15 is 0 Å². The monoisotopic (exact) mass is 411 g/mol. The van der Waals surface area contributed by atoms with Crippen LogP contribution in [0, 0.1) is 0 Å². The summed E-state index contributed by atoms with van der Waals surface area (Å²) < 4.78 is 48.0. The van der Waals surface area contributed by atoms with Crippen molar-refractivity contribution in [3.8, 4) is 0 Å². The fourth-order valence-corrected chi connectivity index (χ4v) is 2.94. The van der Waals surface area contributed by atoms with E-state index < -0.39 is 34.0 Å². The van der Waals surface area contributed by atoms with Crippen LogP contribution in [-0.4, -0.2) is 27.8 Å². The van der Waals surface area contributed by atoms with Gasteiger partial charge in [-0.15, -0.1) is 4.72 Å². The van der Waals surface area contributed by atoms with Crippen LogP contribution in [-0.2, 0) is 20.9 Å². The zero-order chi connectivity index (χ0) is 17.8. The maximum atomic E-state index is 14.5. The summed E-state index contributed by atoms with van der Waals surface area (Å²) in [6.07, 6.45) is 0. The third-order valence-corrected chi connectivity index (χ3v) is 4.93. The Hall–Kier alpha value is -0.700. The Morgan fingerprint density at radius 1 is 1.43 bits per heavy atom. The molecule has 23 heavy (non-hydrogen) atoms. The summed E-state index contributed by atoms with van der Waals surface area (Å²) in [6.45, 7) is 6.23. The SMILES string of the molecule is CCOC(=O)C(F)(F)[C@H](N[S+]([O-])C(C)(C)C)c1cccc(Br)c1. The van der Waals surface area contributed by atoms with Gasteiger partial charge in [-0.05, 0) is 45.4 Å². The van der Waals surface area contributed by atoms with Crippen LogP contribution in [0.1, 0.15) is 39.3 Å². The fourth-order valence-electron chi connectivity index (χ4n) is 1.67. The van der Waals surface area contributed by atoms with Crippen molar-refractivity contribution in [2.24, 2.45) is 0 Å². The lowest BCUT2D eigenvalue weighted by atomic mass is 10.0. The third kappa shape index (κ3) is 5.41. The molecular weight excluding hydrogens is 392 g/mol. The van der Waals surface area contributed by atoms with Crippen LogP contribution >= 0.6 is 15.9 Å². The first-order valence-electron chi connectivity index (χ1n) is 6.98. The number of ether oxygens (including phenoxy) is 1. The number of halogens is 3. The fraction of sp³-hybridized carbons (Fsp3) is 0.533. The minimum absolute atomic E-state index is 0.134. The highest BCUT2D eigenvalue weighted by atomic mass is 79.9. The summed E-state index contributed by atoms with van der Waals surface area (Å²) >= 11 is 1.41. The van der Waals surface area contributed by atoms with Crippen LogP contribution in [0.3, 0.4) is 0 Å². The van der Waals surface area contributed by atoms with Gasteiger partial charge in [0, 0.05) is 15.8 Å². The second-order valence-corrected chi connectivity index (χ2v) is 8.74. The van der Waals surface area contributed by atoms with Gasteiger partial charge in [-0.3, -0.25) is 0 Å². The predicted octanol–water partition coefficient (Wildman–Crippen LogP) is 3.74. The highest BCUT2D eigenvalue weighted by Gasteiger charge is 2.52. The van der Waals surface area contributed by atoms with Gasteiger partial charge in [0.1, 0.15) is 4.75 Å². The first kappa shape index (κ1) is 20.3. The molecule has 0 aliphatic rings. The van der Waals surface area contributed by atoms with Crippen LogP contribution in [0.15, 0.2) is 28.7 Å². The standard InChI is InChI=1S/C15H20BrF2NO3S/c1-5-22-13(20)15(17,18)12(19-23(21)14(2,3)4)10-7-6-8-11(16)9-10/h6-9,12,19H,5H2,1-4H3/t12-,23?/m1/s1. The van der Waals surface area contributed by atoms with Gasteiger partial charge in [0.25, 0.3) is 0 Å². The summed E-state index contributed by atoms with van der Waals surface area (Å²) in [5.74, 6) is -5.51. The van der Waals surface area contributed by atoms with Crippen molar-refractivity contribution >= 4 is 33.3 Å². The van der Waals surface area contributed by atoms with E-state index in [9.17, 15) is 18.1 Å². The average Bonchev–Trinajstić information content (AvgIpc) is 2.43. The third-order valence-electron chi connectivity index (χ3n) is 2.87. The lowest BCUT2D eigenvalue weighted by Crippen LogP contribution is -2.50. The first-order valence-corrected chi connectivity index (χ1v) is 8.93. The molecule has 4 nitrogen and oxygen atoms in total. The van der Waals surface area contributed by atoms with Gasteiger partial charge in [0.05, 0.1) is 6.61 Å². The minimum atomic E-state index is -3.86. The number of hydrogen-bond donors (Lipinski definition) is 1. The van der Waals surface area contributed by atoms with Crippen molar-refractivity contribution in [1.29, 1.82) is 0 Å². The molecule has 0 fully saturated rings. The maximum absolute atomic E-state index is 14.5. The largest absolute Gasteiger partial charge is 0.598 e. The average molecular weight is 412 g/mol. The highest BCUT2D eigenvalue weighted by Crippen LogP contribution is 2.35. The number of benzene rings is 1. The highest BCUT2D eigenvalue weighted by molar-refractivity contribution is 9.10. The molecule has 1 rings (SSSR count). The molecule has 0 aromatic heterocycles. The normalized spacial score (nSPS) is 15.1. The molecule has 0 aliphatic heterocycles. The van der Waals surface area contributed by atoms with E-state index in [1.54, 1.807) is 32.9 Å². The zero-order valence-corrected chi connectivity index (χ0v) is 15.8. The molecule has 1 N–H and O–H groups in total. The van der Waals surface area contributed by atoms with Crippen molar-refractivity contribution in [2.75, 3.05) is 6.61 Å². The van der Waals surface area contributed by atoms with Gasteiger partial charge in [0.2, 0.25) is 0 Å². The zero-order valence-electron chi connectivity index (χ0n) is 13.4. The molecule has 130 valence electrons. The number of carbonyl (C=O) groups excluding carboxylic acids is 1. The molecule has 1 unspecified atom stereocenters. The van der Waals surface area contributed by atoms with Gasteiger partial charge in [-0.2, -0.15) is 8.78 Å². The van der Waals surface area contributed by atoms with E-state index in [-0.39, 0.29) is 12.2 Å². The molecule has 1 aromatic rings. The van der Waals surface area contributed by atoms with E-state index in [4.69, 9.17) is 0 Å². The van der Waals surface area contributed by atoms with E-state index in [2.05, 4.69) is 25.4 Å². The van der Waals surface area contributed by atoms with E-state index in [1.165, 1.54) is 19.1 Å². The Morgan fingerprint density at radius 2 is 2.04 bits per heavy atom. The van der Waals surface area contributed by atoms with Crippen molar-refractivity contribution in [2.45, 2.75) is 44.4 Å². The Morgan fingerprint density at radius 3 is 2.52 bits per heavy atom. The smallest absolute Gasteiger partial charge is 0.379 e. The summed E-state index contributed by atoms with van der Waals surface area (Å²) in [5, 5.41) is 0. The molecule has 0 aliphatic carbocycles. The number of hydrogen-bond acceptors (Lipinski definition) is 4. The molecule has 0 spiro atoms. The van der Waals surface area contributed by atoms with E-state index in [0.29, 0.717) is 4.47 Å². The molecule has 0 saturated heterocycles. The second-order valence-electron chi connectivity index (χ2n) is 5.83. The van der Waals surface area contributed by atoms with Crippen molar-refractivity contribution < 1.29 is 22.9 Å². The number of rotatable bonds is 6. The molecule has 0 radical (unpaired) electrons. The van der Waals surface area contributed by atoms with E-state index in [1.807, 2.05) is 0 Å². The molecule has 1 aromatic carbocycles. The van der Waals surface area contributed by atoms with Crippen LogP contribution in [0.25, 0.3) is 0 Å². The van der Waals surface area contributed by atoms with Gasteiger partial charge in [-0.25, -0.2) is 4.79 Å². The van der Waals surface area contributed by atoms with Crippen LogP contribution in [0.4, 0.5) is 8.78 Å². The predicted molar refractivity (Wildman–Crippen MR) is 89.5 cm³/mol. The molecule has 0 amide bonds. The van der Waals surface area contributed by atoms with Crippen LogP contribution in [0.2, 0.25) is 0 Å². The Labute approximate surface area is 146 Å². The summed E-state index contributed by atoms with van der Waals surface area (Å²) in [4.78, 5) is 11.7. The minimum Gasteiger partial charge on any atom is -0.598 e. The summed E-state index contributed by atoms with van der Waals surface area (Å²) in [7, 11) is 0. The van der Waals surface area contributed by atoms with Crippen LogP contribution in [0.5, 0.6) is 0 Å². The maximum Gasteiger partial charge on any atom is 0.379 e. The quantitative estimate of drug-likeness (QED) is 0.571. The first-order chi connectivity index (χ1) is 10.5. The number of carbonyl (C=O) groups is 1. The van der Waals surface area contributed by atoms with Gasteiger partial charge in [-0.1, -0.05) is 28.1 Å². The van der Waals surface area contributed by atoms with Gasteiger partial charge < -0.3 is 9.29 Å². The van der Waals surface area contributed by atoms with Gasteiger partial charge >= 0.3 is 11.9 Å². The molecule has 0 bridgehead atoms. The molecular formula is C15H20BrF2NO3S. The Kier molecular flexibility index (Phi) is 7.00. The summed E-state index contributed by atoms with van der Waals surface area (Å²) in [6, 6.07) is 4.36. The van der Waals surface area contributed by atoms with Crippen molar-refractivity contribution in [1.82, 2.24) is 4.72 Å². The number of esters is 1. The van der Waals surface area contributed by atoms with Gasteiger partial charge in [0.15, 0.2) is 6.04 Å². The number of nitrogens with one attached hydrogen (secondary N) is 1. The Balaban J connectivity index is 3.23. The van der Waals surface area contributed by atoms with Crippen molar-refractivity contribution in [3.05, 3.63) is 34.3 Å². The van der Waals surface area contributed by atoms with E-state index in [0.717, 1.165) is 0 Å².